The van der Waals surface area contributed by atoms with Crippen LogP contribution in [0.1, 0.15) is 25.7 Å². The van der Waals surface area contributed by atoms with Gasteiger partial charge in [0.15, 0.2) is 0 Å². The molecule has 3 fully saturated rings. The molecule has 3 rings (SSSR count). The largest absolute Gasteiger partial charge is 0.468 e. The zero-order chi connectivity index (χ0) is 9.05. The number of carbonyl (C=O) groups excluding carboxylic acids is 1. The molecular formula is C10H15NO2. The number of ether oxygens (including phenoxy) is 1. The van der Waals surface area contributed by atoms with Gasteiger partial charge in [-0.15, -0.1) is 0 Å². The van der Waals surface area contributed by atoms with E-state index < -0.39 is 0 Å². The lowest BCUT2D eigenvalue weighted by molar-refractivity contribution is -0.152. The van der Waals surface area contributed by atoms with Crippen molar-refractivity contribution in [2.45, 2.75) is 37.3 Å². The molecule has 0 bridgehead atoms. The van der Waals surface area contributed by atoms with Crippen LogP contribution in [0.2, 0.25) is 0 Å². The van der Waals surface area contributed by atoms with Gasteiger partial charge in [0, 0.05) is 6.04 Å². The normalized spacial score (nSPS) is 47.2. The Bertz CT molecular complexity index is 266. The predicted molar refractivity (Wildman–Crippen MR) is 47.2 cm³/mol. The number of fused-ring (bicyclic) bond motifs is 3. The number of methoxy groups -OCH3 is 1. The average Bonchev–Trinajstić information content (AvgIpc) is 2.62. The van der Waals surface area contributed by atoms with E-state index in [1.807, 2.05) is 0 Å². The highest BCUT2D eigenvalue weighted by Crippen LogP contribution is 2.57. The van der Waals surface area contributed by atoms with E-state index in [1.54, 1.807) is 0 Å². The highest BCUT2D eigenvalue weighted by atomic mass is 16.5. The summed E-state index contributed by atoms with van der Waals surface area (Å²) in [4.78, 5) is 14.1. The molecule has 13 heavy (non-hydrogen) atoms. The molecule has 0 aromatic heterocycles. The van der Waals surface area contributed by atoms with Crippen molar-refractivity contribution in [1.82, 2.24) is 4.90 Å². The van der Waals surface area contributed by atoms with Crippen LogP contribution in [0.15, 0.2) is 0 Å². The van der Waals surface area contributed by atoms with E-state index in [0.29, 0.717) is 0 Å². The number of nitrogens with zero attached hydrogens (tertiary/aromatic N) is 1. The SMILES string of the molecule is COC(=O)[C@]12CCCN1[C@@H]1C[C@@H]1C2. The van der Waals surface area contributed by atoms with E-state index in [0.717, 1.165) is 31.3 Å². The number of hydrogen-bond donors (Lipinski definition) is 0. The molecule has 3 nitrogen and oxygen atoms in total. The summed E-state index contributed by atoms with van der Waals surface area (Å²) >= 11 is 0. The molecule has 72 valence electrons. The lowest BCUT2D eigenvalue weighted by Crippen LogP contribution is -2.48. The highest BCUT2D eigenvalue weighted by Gasteiger charge is 2.64. The first-order valence-corrected chi connectivity index (χ1v) is 5.13. The summed E-state index contributed by atoms with van der Waals surface area (Å²) in [5.41, 5.74) is -0.192. The molecule has 0 aromatic carbocycles. The van der Waals surface area contributed by atoms with E-state index in [1.165, 1.54) is 20.0 Å². The zero-order valence-electron chi connectivity index (χ0n) is 7.95. The Kier molecular flexibility index (Phi) is 1.36. The quantitative estimate of drug-likeness (QED) is 0.560. The van der Waals surface area contributed by atoms with Crippen molar-refractivity contribution in [3.8, 4) is 0 Å². The third kappa shape index (κ3) is 0.810. The monoisotopic (exact) mass is 181 g/mol. The number of carbonyl (C=O) groups is 1. The van der Waals surface area contributed by atoms with Gasteiger partial charge in [-0.25, -0.2) is 0 Å². The number of piperidine rings is 1. The van der Waals surface area contributed by atoms with Crippen molar-refractivity contribution in [1.29, 1.82) is 0 Å². The van der Waals surface area contributed by atoms with Gasteiger partial charge < -0.3 is 4.74 Å². The Morgan fingerprint density at radius 1 is 1.62 bits per heavy atom. The van der Waals surface area contributed by atoms with Crippen LogP contribution < -0.4 is 0 Å². The van der Waals surface area contributed by atoms with Gasteiger partial charge in [-0.3, -0.25) is 9.69 Å². The third-order valence-electron chi connectivity index (χ3n) is 3.99. The summed E-state index contributed by atoms with van der Waals surface area (Å²) in [5, 5.41) is 0. The molecule has 0 radical (unpaired) electrons. The van der Waals surface area contributed by atoms with Crippen LogP contribution in [0.25, 0.3) is 0 Å². The second-order valence-electron chi connectivity index (χ2n) is 4.59. The van der Waals surface area contributed by atoms with Crippen LogP contribution in [0, 0.1) is 5.92 Å². The van der Waals surface area contributed by atoms with Crippen molar-refractivity contribution in [2.24, 2.45) is 5.92 Å². The second kappa shape index (κ2) is 2.27. The second-order valence-corrected chi connectivity index (χ2v) is 4.59. The Morgan fingerprint density at radius 2 is 2.46 bits per heavy atom. The first-order valence-electron chi connectivity index (χ1n) is 5.13. The van der Waals surface area contributed by atoms with Crippen molar-refractivity contribution in [3.05, 3.63) is 0 Å². The van der Waals surface area contributed by atoms with Gasteiger partial charge >= 0.3 is 5.97 Å². The summed E-state index contributed by atoms with van der Waals surface area (Å²) in [7, 11) is 1.51. The Hall–Kier alpha value is -0.570. The summed E-state index contributed by atoms with van der Waals surface area (Å²) in [6.45, 7) is 1.11. The average molecular weight is 181 g/mol. The topological polar surface area (TPSA) is 29.5 Å². The van der Waals surface area contributed by atoms with Crippen LogP contribution in [0.3, 0.4) is 0 Å². The van der Waals surface area contributed by atoms with Crippen LogP contribution >= 0.6 is 0 Å². The molecule has 3 atom stereocenters. The minimum Gasteiger partial charge on any atom is -0.468 e. The molecule has 3 heteroatoms. The van der Waals surface area contributed by atoms with Crippen molar-refractivity contribution >= 4 is 5.97 Å². The smallest absolute Gasteiger partial charge is 0.326 e. The van der Waals surface area contributed by atoms with Gasteiger partial charge in [0.1, 0.15) is 5.54 Å². The standard InChI is InChI=1S/C10H15NO2/c1-13-9(12)10-3-2-4-11(10)8-5-7(8)6-10/h7-8H,2-6H2,1H3/t7-,8-,10-/m1/s1. The van der Waals surface area contributed by atoms with Gasteiger partial charge in [-0.05, 0) is 38.1 Å². The van der Waals surface area contributed by atoms with E-state index in [2.05, 4.69) is 4.90 Å². The molecule has 0 N–H and O–H groups in total. The summed E-state index contributed by atoms with van der Waals surface area (Å²) in [6.07, 6.45) is 4.56. The fourth-order valence-corrected chi connectivity index (χ4v) is 3.36. The zero-order valence-corrected chi connectivity index (χ0v) is 7.95. The van der Waals surface area contributed by atoms with E-state index in [9.17, 15) is 4.79 Å². The van der Waals surface area contributed by atoms with Crippen molar-refractivity contribution < 1.29 is 9.53 Å². The molecule has 0 aromatic rings. The highest BCUT2D eigenvalue weighted by molar-refractivity contribution is 5.82. The molecule has 1 aliphatic carbocycles. The van der Waals surface area contributed by atoms with Crippen molar-refractivity contribution in [2.75, 3.05) is 13.7 Å². The molecule has 0 unspecified atom stereocenters. The molecule has 3 aliphatic rings. The summed E-state index contributed by atoms with van der Waals surface area (Å²) in [5.74, 6) is 0.816. The fourth-order valence-electron chi connectivity index (χ4n) is 3.36. The van der Waals surface area contributed by atoms with Crippen LogP contribution in [-0.2, 0) is 9.53 Å². The minimum atomic E-state index is -0.192. The maximum Gasteiger partial charge on any atom is 0.326 e. The van der Waals surface area contributed by atoms with E-state index >= 15 is 0 Å². The van der Waals surface area contributed by atoms with Gasteiger partial charge in [-0.2, -0.15) is 0 Å². The van der Waals surface area contributed by atoms with Gasteiger partial charge in [0.05, 0.1) is 7.11 Å². The number of esters is 1. The lowest BCUT2D eigenvalue weighted by Gasteiger charge is -2.31. The van der Waals surface area contributed by atoms with Crippen LogP contribution in [0.4, 0.5) is 0 Å². The first kappa shape index (κ1) is 7.80. The maximum atomic E-state index is 11.7. The van der Waals surface area contributed by atoms with Gasteiger partial charge in [0.2, 0.25) is 0 Å². The molecule has 0 spiro atoms. The summed E-state index contributed by atoms with van der Waals surface area (Å²) < 4.78 is 4.93. The van der Waals surface area contributed by atoms with Crippen LogP contribution in [0.5, 0.6) is 0 Å². The first-order chi connectivity index (χ1) is 6.28. The summed E-state index contributed by atoms with van der Waals surface area (Å²) in [6, 6.07) is 0.724. The van der Waals surface area contributed by atoms with Crippen LogP contribution in [-0.4, -0.2) is 36.1 Å². The fraction of sp³-hybridized carbons (Fsp3) is 0.900. The Morgan fingerprint density at radius 3 is 3.23 bits per heavy atom. The molecule has 1 saturated carbocycles. The molecule has 2 saturated heterocycles. The third-order valence-corrected chi connectivity index (χ3v) is 3.99. The van der Waals surface area contributed by atoms with Gasteiger partial charge in [-0.1, -0.05) is 0 Å². The lowest BCUT2D eigenvalue weighted by atomic mass is 9.92. The van der Waals surface area contributed by atoms with Gasteiger partial charge in [0.25, 0.3) is 0 Å². The maximum absolute atomic E-state index is 11.7. The van der Waals surface area contributed by atoms with Crippen molar-refractivity contribution in [3.63, 3.8) is 0 Å². The Labute approximate surface area is 78.0 Å². The molecular weight excluding hydrogens is 166 g/mol. The molecule has 2 aliphatic heterocycles. The molecule has 0 amide bonds. The predicted octanol–water partition coefficient (Wildman–Crippen LogP) is 0.786. The van der Waals surface area contributed by atoms with E-state index in [-0.39, 0.29) is 11.5 Å². The number of hydrogen-bond acceptors (Lipinski definition) is 3. The minimum absolute atomic E-state index is 0.0113. The number of rotatable bonds is 1. The van der Waals surface area contributed by atoms with E-state index in [4.69, 9.17) is 4.74 Å². The molecule has 2 heterocycles. The Balaban J connectivity index is 1.92.